The van der Waals surface area contributed by atoms with E-state index < -0.39 is 35.4 Å². The average Bonchev–Trinajstić information content (AvgIpc) is 2.93. The Morgan fingerprint density at radius 3 is 1.76 bits per heavy atom. The van der Waals surface area contributed by atoms with Gasteiger partial charge < -0.3 is 9.64 Å². The molecule has 2 nitrogen and oxygen atoms in total. The number of hydrogen-bond donors (Lipinski definition) is 0. The molecular weight excluding hydrogens is 490 g/mol. The van der Waals surface area contributed by atoms with Gasteiger partial charge in [0.2, 0.25) is 0 Å². The summed E-state index contributed by atoms with van der Waals surface area (Å²) in [5, 5.41) is 0. The van der Waals surface area contributed by atoms with Crippen molar-refractivity contribution >= 4 is 11.4 Å². The van der Waals surface area contributed by atoms with Crippen LogP contribution in [-0.2, 0) is 0 Å². The van der Waals surface area contributed by atoms with Crippen molar-refractivity contribution in [3.63, 3.8) is 0 Å². The number of anilines is 2. The lowest BCUT2D eigenvalue weighted by Crippen LogP contribution is -2.37. The molecule has 0 amide bonds. The third-order valence-corrected chi connectivity index (χ3v) is 6.77. The van der Waals surface area contributed by atoms with Crippen molar-refractivity contribution in [2.45, 2.75) is 12.1 Å². The third kappa shape index (κ3) is 4.08. The molecule has 2 unspecified atom stereocenters. The van der Waals surface area contributed by atoms with Crippen LogP contribution >= 0.6 is 0 Å². The number of halogens is 4. The van der Waals surface area contributed by atoms with E-state index in [1.165, 1.54) is 24.3 Å². The van der Waals surface area contributed by atoms with Gasteiger partial charge in [-0.1, -0.05) is 72.8 Å². The second kappa shape index (κ2) is 9.71. The van der Waals surface area contributed by atoms with Crippen molar-refractivity contribution < 1.29 is 22.3 Å². The second-order valence-corrected chi connectivity index (χ2v) is 9.01. The van der Waals surface area contributed by atoms with Crippen LogP contribution in [0.25, 0.3) is 11.1 Å². The van der Waals surface area contributed by atoms with Crippen molar-refractivity contribution in [2.24, 2.45) is 0 Å². The molecule has 0 saturated heterocycles. The summed E-state index contributed by atoms with van der Waals surface area (Å²) in [6, 6.07) is 28.7. The zero-order valence-electron chi connectivity index (χ0n) is 20.0. The molecule has 0 aliphatic carbocycles. The molecule has 188 valence electrons. The largest absolute Gasteiger partial charge is 0.481 e. The highest BCUT2D eigenvalue weighted by atomic mass is 19.1. The molecule has 6 heteroatoms. The fourth-order valence-electron chi connectivity index (χ4n) is 5.04. The molecule has 0 radical (unpaired) electrons. The SMILES string of the molecule is Fc1ccccc1-c1ccc2c(c1)N(c1ccccc1F)C(c1ccccc1F)C(c1ccccc1F)O2. The zero-order valence-corrected chi connectivity index (χ0v) is 20.0. The number of fused-ring (bicyclic) bond motifs is 1. The molecule has 1 aliphatic rings. The summed E-state index contributed by atoms with van der Waals surface area (Å²) in [5.41, 5.74) is 1.83. The first-order valence-electron chi connectivity index (χ1n) is 12.1. The lowest BCUT2D eigenvalue weighted by Gasteiger charge is -2.44. The minimum Gasteiger partial charge on any atom is -0.481 e. The van der Waals surface area contributed by atoms with E-state index in [-0.39, 0.29) is 16.8 Å². The van der Waals surface area contributed by atoms with Gasteiger partial charge in [-0.2, -0.15) is 0 Å². The van der Waals surface area contributed by atoms with E-state index in [9.17, 15) is 4.39 Å². The van der Waals surface area contributed by atoms with Crippen molar-refractivity contribution in [1.82, 2.24) is 0 Å². The van der Waals surface area contributed by atoms with Crippen LogP contribution in [0.5, 0.6) is 5.75 Å². The predicted octanol–water partition coefficient (Wildman–Crippen LogP) is 8.92. The Labute approximate surface area is 217 Å². The molecular formula is C32H21F4NO. The average molecular weight is 512 g/mol. The third-order valence-electron chi connectivity index (χ3n) is 6.77. The van der Waals surface area contributed by atoms with Crippen molar-refractivity contribution in [3.05, 3.63) is 150 Å². The molecule has 0 spiro atoms. The Balaban J connectivity index is 1.65. The summed E-state index contributed by atoms with van der Waals surface area (Å²) in [6.45, 7) is 0. The number of rotatable bonds is 4. The topological polar surface area (TPSA) is 12.5 Å². The first-order chi connectivity index (χ1) is 18.5. The fourth-order valence-corrected chi connectivity index (χ4v) is 5.04. The van der Waals surface area contributed by atoms with Crippen LogP contribution in [0.3, 0.4) is 0 Å². The smallest absolute Gasteiger partial charge is 0.152 e. The molecule has 2 atom stereocenters. The lowest BCUT2D eigenvalue weighted by atomic mass is 9.90. The van der Waals surface area contributed by atoms with Gasteiger partial charge in [0.05, 0.1) is 11.4 Å². The predicted molar refractivity (Wildman–Crippen MR) is 139 cm³/mol. The first-order valence-corrected chi connectivity index (χ1v) is 12.1. The van der Waals surface area contributed by atoms with Crippen LogP contribution in [0.1, 0.15) is 23.3 Å². The highest BCUT2D eigenvalue weighted by molar-refractivity contribution is 5.79. The maximum Gasteiger partial charge on any atom is 0.152 e. The summed E-state index contributed by atoms with van der Waals surface area (Å²) in [7, 11) is 0. The van der Waals surface area contributed by atoms with Crippen LogP contribution < -0.4 is 9.64 Å². The van der Waals surface area contributed by atoms with Gasteiger partial charge in [-0.05, 0) is 48.0 Å². The Kier molecular flexibility index (Phi) is 6.08. The molecule has 1 heterocycles. The summed E-state index contributed by atoms with van der Waals surface area (Å²) in [4.78, 5) is 1.62. The van der Waals surface area contributed by atoms with Crippen molar-refractivity contribution in [2.75, 3.05) is 4.90 Å². The number of hydrogen-bond acceptors (Lipinski definition) is 2. The van der Waals surface area contributed by atoms with E-state index in [4.69, 9.17) is 4.74 Å². The van der Waals surface area contributed by atoms with Gasteiger partial charge in [0.1, 0.15) is 35.1 Å². The Bertz CT molecular complexity index is 1640. The van der Waals surface area contributed by atoms with Crippen LogP contribution in [0, 0.1) is 23.3 Å². The minimum atomic E-state index is -1.03. The lowest BCUT2D eigenvalue weighted by molar-refractivity contribution is 0.153. The molecule has 0 bridgehead atoms. The molecule has 38 heavy (non-hydrogen) atoms. The Morgan fingerprint density at radius 2 is 1.11 bits per heavy atom. The van der Waals surface area contributed by atoms with E-state index in [1.807, 2.05) is 0 Å². The van der Waals surface area contributed by atoms with Crippen molar-refractivity contribution in [1.29, 1.82) is 0 Å². The maximum atomic E-state index is 15.4. The van der Waals surface area contributed by atoms with Crippen molar-refractivity contribution in [3.8, 4) is 16.9 Å². The molecule has 0 saturated carbocycles. The number of ether oxygens (including phenoxy) is 1. The molecule has 0 N–H and O–H groups in total. The Morgan fingerprint density at radius 1 is 0.526 bits per heavy atom. The molecule has 1 aliphatic heterocycles. The highest BCUT2D eigenvalue weighted by Gasteiger charge is 2.42. The standard InChI is InChI=1S/C32H21F4NO/c33-24-12-4-1-9-21(24)20-17-18-30-29(19-20)37(28-16-8-7-15-27(28)36)31(22-10-2-5-13-25(22)34)32(38-30)23-11-3-6-14-26(23)35/h1-19,31-32H. The van der Waals surface area contributed by atoms with Gasteiger partial charge >= 0.3 is 0 Å². The van der Waals surface area contributed by atoms with Gasteiger partial charge in [0.15, 0.2) is 6.10 Å². The van der Waals surface area contributed by atoms with Crippen LogP contribution in [0.2, 0.25) is 0 Å². The summed E-state index contributed by atoms with van der Waals surface area (Å²) < 4.78 is 67.1. The summed E-state index contributed by atoms with van der Waals surface area (Å²) in [5.74, 6) is -1.72. The number of benzene rings is 5. The van der Waals surface area contributed by atoms with Gasteiger partial charge in [-0.25, -0.2) is 17.6 Å². The normalized spacial score (nSPS) is 16.6. The summed E-state index contributed by atoms with van der Waals surface area (Å²) >= 11 is 0. The monoisotopic (exact) mass is 511 g/mol. The second-order valence-electron chi connectivity index (χ2n) is 9.01. The fraction of sp³-hybridized carbons (Fsp3) is 0.0625. The number of nitrogens with zero attached hydrogens (tertiary/aromatic N) is 1. The van der Waals surface area contributed by atoms with E-state index in [0.717, 1.165) is 0 Å². The zero-order chi connectivity index (χ0) is 26.2. The van der Waals surface area contributed by atoms with E-state index in [0.29, 0.717) is 22.6 Å². The Hall–Kier alpha value is -4.58. The van der Waals surface area contributed by atoms with Gasteiger partial charge in [0, 0.05) is 16.7 Å². The molecule has 5 aromatic carbocycles. The number of para-hydroxylation sites is 1. The maximum absolute atomic E-state index is 15.4. The molecule has 6 rings (SSSR count). The van der Waals surface area contributed by atoms with Crippen LogP contribution in [-0.4, -0.2) is 0 Å². The van der Waals surface area contributed by atoms with E-state index in [1.54, 1.807) is 95.9 Å². The molecule has 5 aromatic rings. The summed E-state index contributed by atoms with van der Waals surface area (Å²) in [6.07, 6.45) is -1.03. The highest BCUT2D eigenvalue weighted by Crippen LogP contribution is 2.53. The minimum absolute atomic E-state index is 0.150. The van der Waals surface area contributed by atoms with Gasteiger partial charge in [-0.3, -0.25) is 0 Å². The van der Waals surface area contributed by atoms with E-state index >= 15 is 13.2 Å². The van der Waals surface area contributed by atoms with Crippen LogP contribution in [0.15, 0.2) is 115 Å². The quantitative estimate of drug-likeness (QED) is 0.223. The molecule has 0 aromatic heterocycles. The van der Waals surface area contributed by atoms with E-state index in [2.05, 4.69) is 0 Å². The van der Waals surface area contributed by atoms with Gasteiger partial charge in [0.25, 0.3) is 0 Å². The van der Waals surface area contributed by atoms with Crippen LogP contribution in [0.4, 0.5) is 28.9 Å². The first kappa shape index (κ1) is 23.8. The molecule has 0 fully saturated rings. The van der Waals surface area contributed by atoms with Gasteiger partial charge in [-0.15, -0.1) is 0 Å².